The van der Waals surface area contributed by atoms with E-state index >= 15 is 0 Å². The van der Waals surface area contributed by atoms with Crippen LogP contribution in [0.4, 0.5) is 0 Å². The summed E-state index contributed by atoms with van der Waals surface area (Å²) in [5, 5.41) is 0.514. The number of aromatic nitrogens is 3. The lowest BCUT2D eigenvalue weighted by Gasteiger charge is -2.10. The van der Waals surface area contributed by atoms with Crippen molar-refractivity contribution in [2.45, 2.75) is 4.90 Å². The maximum Gasteiger partial charge on any atom is 0.269 e. The third-order valence-corrected chi connectivity index (χ3v) is 4.63. The minimum Gasteiger partial charge on any atom is -0.494 e. The fraction of sp³-hybridized carbons (Fsp3) is 0.0769. The Morgan fingerprint density at radius 3 is 2.75 bits per heavy atom. The zero-order valence-corrected chi connectivity index (χ0v) is 11.4. The smallest absolute Gasteiger partial charge is 0.269 e. The molecule has 6 nitrogen and oxygen atoms in total. The molecule has 0 aliphatic rings. The van der Waals surface area contributed by atoms with Gasteiger partial charge in [0.15, 0.2) is 0 Å². The number of rotatable bonds is 3. The predicted octanol–water partition coefficient (Wildman–Crippen LogP) is 1.68. The van der Waals surface area contributed by atoms with Crippen LogP contribution < -0.4 is 4.74 Å². The van der Waals surface area contributed by atoms with Gasteiger partial charge in [-0.15, -0.1) is 0 Å². The van der Waals surface area contributed by atoms with Crippen LogP contribution in [-0.4, -0.2) is 29.5 Å². The van der Waals surface area contributed by atoms with E-state index in [4.69, 9.17) is 4.74 Å². The number of hydrogen-bond acceptors (Lipinski definition) is 5. The highest BCUT2D eigenvalue weighted by Gasteiger charge is 2.21. The largest absolute Gasteiger partial charge is 0.494 e. The van der Waals surface area contributed by atoms with Crippen LogP contribution in [-0.2, 0) is 10.0 Å². The molecule has 0 bridgehead atoms. The van der Waals surface area contributed by atoms with Gasteiger partial charge in [0, 0.05) is 24.0 Å². The molecule has 3 aromatic rings. The van der Waals surface area contributed by atoms with Gasteiger partial charge in [-0.05, 0) is 24.3 Å². The number of methoxy groups -OCH3 is 1. The van der Waals surface area contributed by atoms with E-state index in [0.29, 0.717) is 16.7 Å². The summed E-state index contributed by atoms with van der Waals surface area (Å²) in [6.07, 6.45) is 5.66. The molecule has 102 valence electrons. The van der Waals surface area contributed by atoms with E-state index in [1.807, 2.05) is 0 Å². The van der Waals surface area contributed by atoms with Gasteiger partial charge in [0.1, 0.15) is 17.6 Å². The molecule has 0 saturated heterocycles. The first-order chi connectivity index (χ1) is 9.64. The molecule has 0 spiro atoms. The van der Waals surface area contributed by atoms with Crippen LogP contribution in [0.25, 0.3) is 10.9 Å². The summed E-state index contributed by atoms with van der Waals surface area (Å²) in [6.45, 7) is 0. The second-order valence-corrected chi connectivity index (χ2v) is 5.87. The zero-order valence-electron chi connectivity index (χ0n) is 10.6. The molecule has 1 aromatic carbocycles. The van der Waals surface area contributed by atoms with Gasteiger partial charge >= 0.3 is 0 Å². The van der Waals surface area contributed by atoms with Crippen molar-refractivity contribution in [1.82, 2.24) is 13.9 Å². The second-order valence-electron chi connectivity index (χ2n) is 4.06. The Balaban J connectivity index is 2.34. The lowest BCUT2D eigenvalue weighted by atomic mass is 10.2. The molecular formula is C13H11N3O3S. The highest BCUT2D eigenvalue weighted by atomic mass is 32.2. The molecule has 0 atom stereocenters. The number of fused-ring (bicyclic) bond motifs is 1. The van der Waals surface area contributed by atoms with Gasteiger partial charge < -0.3 is 4.74 Å². The molecule has 0 unspecified atom stereocenters. The lowest BCUT2D eigenvalue weighted by molar-refractivity contribution is 0.418. The number of imidazole rings is 1. The fourth-order valence-corrected chi connectivity index (χ4v) is 3.32. The molecule has 7 heteroatoms. The zero-order chi connectivity index (χ0) is 14.2. The maximum atomic E-state index is 12.6. The monoisotopic (exact) mass is 289 g/mol. The number of nitrogens with zero attached hydrogens (tertiary/aromatic N) is 3. The molecule has 0 N–H and O–H groups in total. The van der Waals surface area contributed by atoms with Gasteiger partial charge in [-0.2, -0.15) is 0 Å². The summed E-state index contributed by atoms with van der Waals surface area (Å²) in [4.78, 5) is 8.13. The van der Waals surface area contributed by atoms with E-state index in [1.54, 1.807) is 24.4 Å². The average Bonchev–Trinajstić information content (AvgIpc) is 3.01. The van der Waals surface area contributed by atoms with E-state index in [1.165, 1.54) is 31.9 Å². The van der Waals surface area contributed by atoms with Crippen LogP contribution >= 0.6 is 0 Å². The average molecular weight is 289 g/mol. The van der Waals surface area contributed by atoms with Gasteiger partial charge in [0.2, 0.25) is 0 Å². The maximum absolute atomic E-state index is 12.6. The van der Waals surface area contributed by atoms with Crippen LogP contribution in [0.15, 0.2) is 54.1 Å². The Bertz CT molecular complexity index is 858. The molecule has 0 amide bonds. The summed E-state index contributed by atoms with van der Waals surface area (Å²) < 4.78 is 31.4. The van der Waals surface area contributed by atoms with Crippen LogP contribution in [0.1, 0.15) is 0 Å². The molecule has 0 fully saturated rings. The van der Waals surface area contributed by atoms with Crippen LogP contribution in [0, 0.1) is 0 Å². The quantitative estimate of drug-likeness (QED) is 0.733. The second kappa shape index (κ2) is 4.61. The first-order valence-electron chi connectivity index (χ1n) is 5.80. The topological polar surface area (TPSA) is 74.1 Å². The Hall–Kier alpha value is -2.41. The predicted molar refractivity (Wildman–Crippen MR) is 73.1 cm³/mol. The standard InChI is InChI=1S/C13H11N3O3S/c1-19-11-4-5-12(10-3-2-6-15-13(10)11)20(17,18)16-8-7-14-9-16/h2-9H,1H3. The first kappa shape index (κ1) is 12.6. The van der Waals surface area contributed by atoms with Gasteiger partial charge in [0.25, 0.3) is 10.0 Å². The van der Waals surface area contributed by atoms with E-state index in [2.05, 4.69) is 9.97 Å². The number of benzene rings is 1. The fourth-order valence-electron chi connectivity index (χ4n) is 2.01. The van der Waals surface area contributed by atoms with Gasteiger partial charge in [-0.25, -0.2) is 17.4 Å². The molecule has 0 radical (unpaired) electrons. The van der Waals surface area contributed by atoms with Crippen LogP contribution in [0.3, 0.4) is 0 Å². The summed E-state index contributed by atoms with van der Waals surface area (Å²) in [7, 11) is -2.17. The first-order valence-corrected chi connectivity index (χ1v) is 7.24. The highest BCUT2D eigenvalue weighted by molar-refractivity contribution is 7.90. The molecule has 2 aromatic heterocycles. The van der Waals surface area contributed by atoms with Crippen molar-refractivity contribution in [2.75, 3.05) is 7.11 Å². The minimum atomic E-state index is -3.69. The van der Waals surface area contributed by atoms with Crippen molar-refractivity contribution in [3.8, 4) is 5.75 Å². The Morgan fingerprint density at radius 2 is 2.05 bits per heavy atom. The molecule has 3 rings (SSSR count). The Kier molecular flexibility index (Phi) is 2.90. The SMILES string of the molecule is COc1ccc(S(=O)(=O)n2ccnc2)c2cccnc12. The van der Waals surface area contributed by atoms with Crippen molar-refractivity contribution in [3.05, 3.63) is 49.2 Å². The summed E-state index contributed by atoms with van der Waals surface area (Å²) >= 11 is 0. The van der Waals surface area contributed by atoms with Crippen LogP contribution in [0.5, 0.6) is 5.75 Å². The molecular weight excluding hydrogens is 278 g/mol. The third-order valence-electron chi connectivity index (χ3n) is 2.95. The normalized spacial score (nSPS) is 11.7. The van der Waals surface area contributed by atoms with Crippen molar-refractivity contribution >= 4 is 20.9 Å². The Labute approximate surface area is 115 Å². The minimum absolute atomic E-state index is 0.166. The molecule has 0 saturated carbocycles. The third kappa shape index (κ3) is 1.83. The highest BCUT2D eigenvalue weighted by Crippen LogP contribution is 2.30. The molecule has 2 heterocycles. The number of ether oxygens (including phenoxy) is 1. The summed E-state index contributed by atoms with van der Waals surface area (Å²) in [6, 6.07) is 6.50. The van der Waals surface area contributed by atoms with Crippen molar-refractivity contribution in [3.63, 3.8) is 0 Å². The van der Waals surface area contributed by atoms with Crippen molar-refractivity contribution in [2.24, 2.45) is 0 Å². The van der Waals surface area contributed by atoms with Gasteiger partial charge in [-0.3, -0.25) is 4.98 Å². The Morgan fingerprint density at radius 1 is 1.20 bits per heavy atom. The van der Waals surface area contributed by atoms with Crippen LogP contribution in [0.2, 0.25) is 0 Å². The van der Waals surface area contributed by atoms with E-state index in [-0.39, 0.29) is 4.90 Å². The summed E-state index contributed by atoms with van der Waals surface area (Å²) in [5.74, 6) is 0.533. The molecule has 0 aliphatic heterocycles. The molecule has 0 aliphatic carbocycles. The number of hydrogen-bond donors (Lipinski definition) is 0. The van der Waals surface area contributed by atoms with E-state index in [0.717, 1.165) is 3.97 Å². The van der Waals surface area contributed by atoms with E-state index < -0.39 is 10.0 Å². The summed E-state index contributed by atoms with van der Waals surface area (Å²) in [5.41, 5.74) is 0.510. The van der Waals surface area contributed by atoms with E-state index in [9.17, 15) is 8.42 Å². The number of pyridine rings is 1. The van der Waals surface area contributed by atoms with Gasteiger partial charge in [0.05, 0.1) is 12.0 Å². The van der Waals surface area contributed by atoms with Crippen molar-refractivity contribution < 1.29 is 13.2 Å². The van der Waals surface area contributed by atoms with Gasteiger partial charge in [-0.1, -0.05) is 0 Å². The molecule has 20 heavy (non-hydrogen) atoms. The van der Waals surface area contributed by atoms with Crippen molar-refractivity contribution in [1.29, 1.82) is 0 Å². The lowest BCUT2D eigenvalue weighted by Crippen LogP contribution is -2.11.